The third kappa shape index (κ3) is 3.98. The van der Waals surface area contributed by atoms with Crippen LogP contribution in [0.5, 0.6) is 5.75 Å². The highest BCUT2D eigenvalue weighted by Crippen LogP contribution is 2.28. The number of nitrogens with two attached hydrogens (primary N) is 1. The molecule has 104 valence electrons. The molecular formula is C14H12Br2N2O2. The summed E-state index contributed by atoms with van der Waals surface area (Å²) in [7, 11) is 0. The first-order valence-corrected chi connectivity index (χ1v) is 7.37. The lowest BCUT2D eigenvalue weighted by Crippen LogP contribution is -2.20. The smallest absolute Gasteiger partial charge is 0.262 e. The fourth-order valence-corrected chi connectivity index (χ4v) is 2.69. The Kier molecular flexibility index (Phi) is 5.03. The maximum atomic E-state index is 11.8. The van der Waals surface area contributed by atoms with Gasteiger partial charge in [0.1, 0.15) is 5.75 Å². The standard InChI is InChI=1S/C14H12Br2N2O2/c15-9-5-6-13(10(16)7-9)20-8-14(19)18-12-4-2-1-3-11(12)17/h1-7H,8,17H2,(H,18,19). The van der Waals surface area contributed by atoms with Gasteiger partial charge in [-0.2, -0.15) is 0 Å². The fraction of sp³-hybridized carbons (Fsp3) is 0.0714. The average Bonchev–Trinajstić information content (AvgIpc) is 2.40. The van der Waals surface area contributed by atoms with Crippen molar-refractivity contribution in [1.29, 1.82) is 0 Å². The minimum absolute atomic E-state index is 0.0887. The first-order chi connectivity index (χ1) is 9.56. The summed E-state index contributed by atoms with van der Waals surface area (Å²) in [5.74, 6) is 0.335. The van der Waals surface area contributed by atoms with E-state index in [1.165, 1.54) is 0 Å². The molecule has 0 aromatic heterocycles. The van der Waals surface area contributed by atoms with Gasteiger partial charge in [-0.25, -0.2) is 0 Å². The first-order valence-electron chi connectivity index (χ1n) is 5.78. The molecule has 0 unspecified atom stereocenters. The van der Waals surface area contributed by atoms with Crippen molar-refractivity contribution in [3.8, 4) is 5.75 Å². The summed E-state index contributed by atoms with van der Waals surface area (Å²) in [6.45, 7) is -0.0887. The van der Waals surface area contributed by atoms with Gasteiger partial charge in [0, 0.05) is 4.47 Å². The summed E-state index contributed by atoms with van der Waals surface area (Å²) in [6.07, 6.45) is 0. The summed E-state index contributed by atoms with van der Waals surface area (Å²) in [5, 5.41) is 2.70. The fourth-order valence-electron chi connectivity index (χ4n) is 1.53. The Bertz CT molecular complexity index is 632. The molecule has 0 atom stereocenters. The van der Waals surface area contributed by atoms with Crippen molar-refractivity contribution in [2.45, 2.75) is 0 Å². The van der Waals surface area contributed by atoms with Crippen molar-refractivity contribution in [2.24, 2.45) is 0 Å². The summed E-state index contributed by atoms with van der Waals surface area (Å²) >= 11 is 6.72. The predicted octanol–water partition coefficient (Wildman–Crippen LogP) is 3.81. The molecule has 2 rings (SSSR count). The molecule has 0 aliphatic heterocycles. The second-order valence-corrected chi connectivity index (χ2v) is 5.77. The summed E-state index contributed by atoms with van der Waals surface area (Å²) < 4.78 is 7.15. The van der Waals surface area contributed by atoms with Crippen LogP contribution < -0.4 is 15.8 Å². The van der Waals surface area contributed by atoms with Crippen molar-refractivity contribution in [3.63, 3.8) is 0 Å². The average molecular weight is 400 g/mol. The number of nitrogens with one attached hydrogen (secondary N) is 1. The van der Waals surface area contributed by atoms with E-state index in [1.54, 1.807) is 30.3 Å². The number of benzene rings is 2. The highest BCUT2D eigenvalue weighted by molar-refractivity contribution is 9.11. The van der Waals surface area contributed by atoms with E-state index >= 15 is 0 Å². The van der Waals surface area contributed by atoms with Crippen molar-refractivity contribution in [1.82, 2.24) is 0 Å². The van der Waals surface area contributed by atoms with Gasteiger partial charge in [0.05, 0.1) is 15.8 Å². The van der Waals surface area contributed by atoms with Crippen LogP contribution in [0.25, 0.3) is 0 Å². The van der Waals surface area contributed by atoms with Crippen LogP contribution in [-0.2, 0) is 4.79 Å². The van der Waals surface area contributed by atoms with Crippen molar-refractivity contribution in [2.75, 3.05) is 17.7 Å². The molecule has 0 fully saturated rings. The Morgan fingerprint density at radius 2 is 1.95 bits per heavy atom. The molecule has 0 aliphatic rings. The van der Waals surface area contributed by atoms with Crippen molar-refractivity contribution >= 4 is 49.1 Å². The quantitative estimate of drug-likeness (QED) is 0.768. The second kappa shape index (κ2) is 6.76. The van der Waals surface area contributed by atoms with Crippen LogP contribution >= 0.6 is 31.9 Å². The van der Waals surface area contributed by atoms with Crippen molar-refractivity contribution < 1.29 is 9.53 Å². The molecule has 3 N–H and O–H groups in total. The Balaban J connectivity index is 1.94. The Labute approximate surface area is 133 Å². The van der Waals surface area contributed by atoms with E-state index in [1.807, 2.05) is 12.1 Å². The largest absolute Gasteiger partial charge is 0.483 e. The molecule has 0 heterocycles. The van der Waals surface area contributed by atoms with Gasteiger partial charge in [0.25, 0.3) is 5.91 Å². The number of amides is 1. The molecule has 0 saturated carbocycles. The summed E-state index contributed by atoms with van der Waals surface area (Å²) in [4.78, 5) is 11.8. The molecule has 0 spiro atoms. The number of anilines is 2. The zero-order chi connectivity index (χ0) is 14.5. The van der Waals surface area contributed by atoms with Crippen LogP contribution in [0.1, 0.15) is 0 Å². The molecule has 0 bridgehead atoms. The number of ether oxygens (including phenoxy) is 1. The van der Waals surface area contributed by atoms with E-state index in [-0.39, 0.29) is 12.5 Å². The third-order valence-electron chi connectivity index (χ3n) is 2.49. The molecule has 20 heavy (non-hydrogen) atoms. The van der Waals surface area contributed by atoms with Crippen molar-refractivity contribution in [3.05, 3.63) is 51.4 Å². The van der Waals surface area contributed by atoms with E-state index in [0.29, 0.717) is 17.1 Å². The Morgan fingerprint density at radius 3 is 2.65 bits per heavy atom. The highest BCUT2D eigenvalue weighted by atomic mass is 79.9. The number of hydrogen-bond donors (Lipinski definition) is 2. The molecule has 6 heteroatoms. The number of nitrogen functional groups attached to an aromatic ring is 1. The van der Waals surface area contributed by atoms with Gasteiger partial charge in [-0.15, -0.1) is 0 Å². The third-order valence-corrected chi connectivity index (χ3v) is 3.60. The number of carbonyl (C=O) groups excluding carboxylic acids is 1. The molecule has 2 aromatic carbocycles. The first kappa shape index (κ1) is 14.9. The van der Waals surface area contributed by atoms with Crippen LogP contribution in [0, 0.1) is 0 Å². The van der Waals surface area contributed by atoms with Gasteiger partial charge in [-0.1, -0.05) is 28.1 Å². The minimum Gasteiger partial charge on any atom is -0.483 e. The lowest BCUT2D eigenvalue weighted by molar-refractivity contribution is -0.118. The van der Waals surface area contributed by atoms with Gasteiger partial charge in [0.15, 0.2) is 6.61 Å². The van der Waals surface area contributed by atoms with Crippen LogP contribution in [0.3, 0.4) is 0 Å². The number of rotatable bonds is 4. The zero-order valence-corrected chi connectivity index (χ0v) is 13.6. The van der Waals surface area contributed by atoms with Gasteiger partial charge >= 0.3 is 0 Å². The van der Waals surface area contributed by atoms with E-state index in [9.17, 15) is 4.79 Å². The van der Waals surface area contributed by atoms with E-state index in [0.717, 1.165) is 8.95 Å². The van der Waals surface area contributed by atoms with Crippen LogP contribution in [0.2, 0.25) is 0 Å². The zero-order valence-electron chi connectivity index (χ0n) is 10.4. The molecule has 0 saturated heterocycles. The van der Waals surface area contributed by atoms with Crippen LogP contribution in [0.4, 0.5) is 11.4 Å². The topological polar surface area (TPSA) is 64.3 Å². The Hall–Kier alpha value is -1.53. The highest BCUT2D eigenvalue weighted by Gasteiger charge is 2.07. The Morgan fingerprint density at radius 1 is 1.20 bits per heavy atom. The van der Waals surface area contributed by atoms with Crippen LogP contribution in [0.15, 0.2) is 51.4 Å². The minimum atomic E-state index is -0.266. The lowest BCUT2D eigenvalue weighted by atomic mass is 10.3. The number of carbonyl (C=O) groups is 1. The maximum absolute atomic E-state index is 11.8. The molecular weight excluding hydrogens is 388 g/mol. The van der Waals surface area contributed by atoms with Gasteiger partial charge < -0.3 is 15.8 Å². The molecule has 4 nitrogen and oxygen atoms in total. The predicted molar refractivity (Wildman–Crippen MR) is 86.8 cm³/mol. The van der Waals surface area contributed by atoms with Gasteiger partial charge in [-0.3, -0.25) is 4.79 Å². The number of hydrogen-bond acceptors (Lipinski definition) is 3. The van der Waals surface area contributed by atoms with E-state index in [4.69, 9.17) is 10.5 Å². The van der Waals surface area contributed by atoms with Crippen LogP contribution in [-0.4, -0.2) is 12.5 Å². The SMILES string of the molecule is Nc1ccccc1NC(=O)COc1ccc(Br)cc1Br. The van der Waals surface area contributed by atoms with E-state index in [2.05, 4.69) is 37.2 Å². The molecule has 0 radical (unpaired) electrons. The normalized spacial score (nSPS) is 10.1. The lowest BCUT2D eigenvalue weighted by Gasteiger charge is -2.10. The summed E-state index contributed by atoms with van der Waals surface area (Å²) in [5.41, 5.74) is 6.85. The molecule has 2 aromatic rings. The van der Waals surface area contributed by atoms with E-state index < -0.39 is 0 Å². The maximum Gasteiger partial charge on any atom is 0.262 e. The van der Waals surface area contributed by atoms with Gasteiger partial charge in [0.2, 0.25) is 0 Å². The summed E-state index contributed by atoms with van der Waals surface area (Å²) in [6, 6.07) is 12.5. The number of para-hydroxylation sites is 2. The molecule has 0 aliphatic carbocycles. The second-order valence-electron chi connectivity index (χ2n) is 4.00. The monoisotopic (exact) mass is 398 g/mol. The van der Waals surface area contributed by atoms with Gasteiger partial charge in [-0.05, 0) is 46.3 Å². The number of halogens is 2. The molecule has 1 amide bonds.